The van der Waals surface area contributed by atoms with E-state index in [-0.39, 0.29) is 11.9 Å². The lowest BCUT2D eigenvalue weighted by Gasteiger charge is -2.31. The Morgan fingerprint density at radius 2 is 2.17 bits per heavy atom. The van der Waals surface area contributed by atoms with Gasteiger partial charge in [-0.25, -0.2) is 0 Å². The quantitative estimate of drug-likeness (QED) is 0.747. The van der Waals surface area contributed by atoms with Gasteiger partial charge in [0, 0.05) is 19.2 Å². The van der Waals surface area contributed by atoms with Crippen LogP contribution >= 0.6 is 0 Å². The summed E-state index contributed by atoms with van der Waals surface area (Å²) < 4.78 is 5.22. The number of likely N-dealkylation sites (tertiary alicyclic amines) is 1. The molecule has 2 fully saturated rings. The molecule has 0 bridgehead atoms. The summed E-state index contributed by atoms with van der Waals surface area (Å²) in [6.07, 6.45) is 4.50. The molecule has 104 valence electrons. The molecule has 1 amide bonds. The number of nitrogens with two attached hydrogens (primary N) is 1. The van der Waals surface area contributed by atoms with Crippen LogP contribution in [0.15, 0.2) is 0 Å². The monoisotopic (exact) mass is 255 g/mol. The SMILES string of the molecule is CC(CN1CCCCC1)NC(=O)C1(N)CCOC1. The van der Waals surface area contributed by atoms with E-state index in [9.17, 15) is 4.79 Å². The van der Waals surface area contributed by atoms with Gasteiger partial charge in [-0.15, -0.1) is 0 Å². The van der Waals surface area contributed by atoms with Crippen molar-refractivity contribution in [2.24, 2.45) is 5.73 Å². The van der Waals surface area contributed by atoms with Gasteiger partial charge in [0.15, 0.2) is 0 Å². The number of hydrogen-bond donors (Lipinski definition) is 2. The summed E-state index contributed by atoms with van der Waals surface area (Å²) in [5.74, 6) is -0.0653. The summed E-state index contributed by atoms with van der Waals surface area (Å²) in [6, 6.07) is 0.150. The maximum atomic E-state index is 12.1. The maximum absolute atomic E-state index is 12.1. The lowest BCUT2D eigenvalue weighted by Crippen LogP contribution is -2.57. The summed E-state index contributed by atoms with van der Waals surface area (Å²) in [5.41, 5.74) is 5.22. The molecule has 0 spiro atoms. The van der Waals surface area contributed by atoms with Gasteiger partial charge < -0.3 is 20.7 Å². The van der Waals surface area contributed by atoms with Gasteiger partial charge in [0.25, 0.3) is 0 Å². The molecule has 2 heterocycles. The first-order chi connectivity index (χ1) is 8.60. The van der Waals surface area contributed by atoms with Gasteiger partial charge in [-0.1, -0.05) is 6.42 Å². The van der Waals surface area contributed by atoms with Crippen molar-refractivity contribution < 1.29 is 9.53 Å². The Hall–Kier alpha value is -0.650. The topological polar surface area (TPSA) is 67.6 Å². The number of nitrogens with one attached hydrogen (secondary N) is 1. The van der Waals surface area contributed by atoms with Crippen LogP contribution < -0.4 is 11.1 Å². The molecule has 18 heavy (non-hydrogen) atoms. The molecule has 2 unspecified atom stereocenters. The highest BCUT2D eigenvalue weighted by Gasteiger charge is 2.38. The van der Waals surface area contributed by atoms with Crippen LogP contribution in [0.2, 0.25) is 0 Å². The third-order valence-electron chi connectivity index (χ3n) is 3.86. The molecule has 5 nitrogen and oxygen atoms in total. The van der Waals surface area contributed by atoms with E-state index in [1.54, 1.807) is 0 Å². The average Bonchev–Trinajstić information content (AvgIpc) is 2.78. The molecule has 0 radical (unpaired) electrons. The van der Waals surface area contributed by atoms with Gasteiger partial charge >= 0.3 is 0 Å². The highest BCUT2D eigenvalue weighted by molar-refractivity contribution is 5.86. The second-order valence-corrected chi connectivity index (χ2v) is 5.69. The van der Waals surface area contributed by atoms with Gasteiger partial charge in [0.05, 0.1) is 6.61 Å². The third kappa shape index (κ3) is 3.43. The number of amides is 1. The zero-order valence-electron chi connectivity index (χ0n) is 11.3. The number of carbonyl (C=O) groups excluding carboxylic acids is 1. The standard InChI is InChI=1S/C13H25N3O2/c1-11(9-16-6-3-2-4-7-16)15-12(17)13(14)5-8-18-10-13/h11H,2-10,14H2,1H3,(H,15,17). The van der Waals surface area contributed by atoms with Crippen LogP contribution in [0.4, 0.5) is 0 Å². The highest BCUT2D eigenvalue weighted by atomic mass is 16.5. The fourth-order valence-electron chi connectivity index (χ4n) is 2.70. The van der Waals surface area contributed by atoms with Crippen LogP contribution in [0.5, 0.6) is 0 Å². The Balaban J connectivity index is 1.76. The van der Waals surface area contributed by atoms with E-state index >= 15 is 0 Å². The third-order valence-corrected chi connectivity index (χ3v) is 3.86. The molecular weight excluding hydrogens is 230 g/mol. The molecule has 3 N–H and O–H groups in total. The van der Waals surface area contributed by atoms with Crippen LogP contribution in [-0.4, -0.2) is 55.2 Å². The first-order valence-corrected chi connectivity index (χ1v) is 7.00. The summed E-state index contributed by atoms with van der Waals surface area (Å²) in [4.78, 5) is 14.5. The second kappa shape index (κ2) is 5.99. The van der Waals surface area contributed by atoms with Crippen LogP contribution in [0, 0.1) is 0 Å². The molecule has 2 saturated heterocycles. The van der Waals surface area contributed by atoms with Crippen LogP contribution in [0.1, 0.15) is 32.6 Å². The average molecular weight is 255 g/mol. The number of carbonyl (C=O) groups is 1. The zero-order chi connectivity index (χ0) is 13.0. The predicted molar refractivity (Wildman–Crippen MR) is 70.3 cm³/mol. The van der Waals surface area contributed by atoms with E-state index in [4.69, 9.17) is 10.5 Å². The summed E-state index contributed by atoms with van der Waals surface area (Å²) in [6.45, 7) is 6.20. The van der Waals surface area contributed by atoms with E-state index in [0.29, 0.717) is 19.6 Å². The zero-order valence-corrected chi connectivity index (χ0v) is 11.3. The van der Waals surface area contributed by atoms with Crippen molar-refractivity contribution in [1.82, 2.24) is 10.2 Å². The minimum atomic E-state index is -0.809. The van der Waals surface area contributed by atoms with Crippen molar-refractivity contribution in [2.45, 2.75) is 44.2 Å². The molecular formula is C13H25N3O2. The first kappa shape index (κ1) is 13.8. The predicted octanol–water partition coefficient (Wildman–Crippen LogP) is 0.0948. The summed E-state index contributed by atoms with van der Waals surface area (Å²) in [5, 5.41) is 3.02. The molecule has 2 atom stereocenters. The maximum Gasteiger partial charge on any atom is 0.242 e. The normalized spacial score (nSPS) is 31.2. The van der Waals surface area contributed by atoms with E-state index in [1.165, 1.54) is 19.3 Å². The highest BCUT2D eigenvalue weighted by Crippen LogP contribution is 2.16. The summed E-state index contributed by atoms with van der Waals surface area (Å²) in [7, 11) is 0. The molecule has 5 heteroatoms. The molecule has 2 aliphatic rings. The Labute approximate surface area is 109 Å². The Morgan fingerprint density at radius 3 is 2.78 bits per heavy atom. The molecule has 2 rings (SSSR count). The second-order valence-electron chi connectivity index (χ2n) is 5.69. The molecule has 0 aromatic rings. The molecule has 0 aromatic carbocycles. The van der Waals surface area contributed by atoms with E-state index in [2.05, 4.69) is 10.2 Å². The number of hydrogen-bond acceptors (Lipinski definition) is 4. The Morgan fingerprint density at radius 1 is 1.44 bits per heavy atom. The van der Waals surface area contributed by atoms with Crippen molar-refractivity contribution in [3.05, 3.63) is 0 Å². The Kier molecular flexibility index (Phi) is 4.59. The minimum absolute atomic E-state index is 0.0653. The fourth-order valence-corrected chi connectivity index (χ4v) is 2.70. The Bertz CT molecular complexity index is 284. The molecule has 2 aliphatic heterocycles. The molecule has 0 aromatic heterocycles. The summed E-state index contributed by atoms with van der Waals surface area (Å²) >= 11 is 0. The first-order valence-electron chi connectivity index (χ1n) is 7.00. The number of ether oxygens (including phenoxy) is 1. The van der Waals surface area contributed by atoms with Gasteiger partial charge in [-0.3, -0.25) is 4.79 Å². The lowest BCUT2D eigenvalue weighted by molar-refractivity contribution is -0.127. The smallest absolute Gasteiger partial charge is 0.242 e. The number of piperidine rings is 1. The van der Waals surface area contributed by atoms with E-state index < -0.39 is 5.54 Å². The van der Waals surface area contributed by atoms with Crippen LogP contribution in [0.3, 0.4) is 0 Å². The minimum Gasteiger partial charge on any atom is -0.379 e. The van der Waals surface area contributed by atoms with Gasteiger partial charge in [0.2, 0.25) is 5.91 Å². The molecule has 0 aliphatic carbocycles. The largest absolute Gasteiger partial charge is 0.379 e. The van der Waals surface area contributed by atoms with Crippen molar-refractivity contribution in [2.75, 3.05) is 32.8 Å². The number of rotatable bonds is 4. The lowest BCUT2D eigenvalue weighted by atomic mass is 9.99. The fraction of sp³-hybridized carbons (Fsp3) is 0.923. The van der Waals surface area contributed by atoms with Gasteiger partial charge in [-0.2, -0.15) is 0 Å². The van der Waals surface area contributed by atoms with Crippen molar-refractivity contribution in [1.29, 1.82) is 0 Å². The van der Waals surface area contributed by atoms with Crippen LogP contribution in [0.25, 0.3) is 0 Å². The van der Waals surface area contributed by atoms with Crippen molar-refractivity contribution in [3.63, 3.8) is 0 Å². The van der Waals surface area contributed by atoms with Gasteiger partial charge in [-0.05, 0) is 39.3 Å². The van der Waals surface area contributed by atoms with E-state index in [0.717, 1.165) is 19.6 Å². The number of nitrogens with zero attached hydrogens (tertiary/aromatic N) is 1. The van der Waals surface area contributed by atoms with Gasteiger partial charge in [0.1, 0.15) is 5.54 Å². The van der Waals surface area contributed by atoms with E-state index in [1.807, 2.05) is 6.92 Å². The molecule has 0 saturated carbocycles. The van der Waals surface area contributed by atoms with Crippen LogP contribution in [-0.2, 0) is 9.53 Å². The van der Waals surface area contributed by atoms with Crippen molar-refractivity contribution in [3.8, 4) is 0 Å². The van der Waals surface area contributed by atoms with Crippen molar-refractivity contribution >= 4 is 5.91 Å².